The van der Waals surface area contributed by atoms with Crippen LogP contribution in [0.2, 0.25) is 0 Å². The molecule has 0 spiro atoms. The van der Waals surface area contributed by atoms with E-state index in [1.807, 2.05) is 0 Å². The second kappa shape index (κ2) is 3.91. The van der Waals surface area contributed by atoms with Crippen LogP contribution in [-0.4, -0.2) is 15.0 Å². The highest BCUT2D eigenvalue weighted by molar-refractivity contribution is 5.37. The molecule has 87 valence electrons. The number of hydrogen-bond acceptors (Lipinski definition) is 2. The standard InChI is InChI=1S/C12H10F2N3/c13-12(14)9-2-1-3-10(6-9)17-11(7-15-16-17)8-4-5-8/h1-3,6,8,12H,4-5H2. The summed E-state index contributed by atoms with van der Waals surface area (Å²) in [6.45, 7) is 0. The van der Waals surface area contributed by atoms with Gasteiger partial charge in [0.1, 0.15) is 6.20 Å². The Bertz CT molecular complexity index is 532. The molecule has 1 aliphatic rings. The van der Waals surface area contributed by atoms with Crippen LogP contribution in [0, 0.1) is 6.20 Å². The van der Waals surface area contributed by atoms with Crippen molar-refractivity contribution in [1.82, 2.24) is 15.0 Å². The van der Waals surface area contributed by atoms with Crippen LogP contribution >= 0.6 is 0 Å². The Kier molecular flexibility index (Phi) is 2.39. The van der Waals surface area contributed by atoms with Gasteiger partial charge in [0.15, 0.2) is 0 Å². The molecule has 5 heteroatoms. The van der Waals surface area contributed by atoms with Crippen molar-refractivity contribution in [3.63, 3.8) is 0 Å². The van der Waals surface area contributed by atoms with E-state index in [0.717, 1.165) is 18.5 Å². The third-order valence-corrected chi connectivity index (χ3v) is 2.86. The molecule has 1 fully saturated rings. The summed E-state index contributed by atoms with van der Waals surface area (Å²) in [7, 11) is 0. The van der Waals surface area contributed by atoms with E-state index in [1.165, 1.54) is 12.1 Å². The fourth-order valence-electron chi connectivity index (χ4n) is 1.82. The molecule has 2 aromatic rings. The van der Waals surface area contributed by atoms with Gasteiger partial charge in [0.2, 0.25) is 0 Å². The maximum Gasteiger partial charge on any atom is 0.263 e. The molecule has 0 amide bonds. The van der Waals surface area contributed by atoms with Crippen molar-refractivity contribution in [2.45, 2.75) is 25.2 Å². The Morgan fingerprint density at radius 2 is 2.18 bits per heavy atom. The molecule has 1 radical (unpaired) electrons. The monoisotopic (exact) mass is 234 g/mol. The van der Waals surface area contributed by atoms with Crippen LogP contribution in [0.3, 0.4) is 0 Å². The van der Waals surface area contributed by atoms with E-state index in [0.29, 0.717) is 11.6 Å². The zero-order valence-electron chi connectivity index (χ0n) is 8.98. The second-order valence-electron chi connectivity index (χ2n) is 4.17. The lowest BCUT2D eigenvalue weighted by molar-refractivity contribution is 0.151. The number of alkyl halides is 2. The van der Waals surface area contributed by atoms with Crippen molar-refractivity contribution < 1.29 is 8.78 Å². The maximum atomic E-state index is 12.6. The predicted octanol–water partition coefficient (Wildman–Crippen LogP) is 2.88. The van der Waals surface area contributed by atoms with Crippen molar-refractivity contribution in [3.05, 3.63) is 41.7 Å². The van der Waals surface area contributed by atoms with Crippen molar-refractivity contribution in [3.8, 4) is 5.69 Å². The van der Waals surface area contributed by atoms with E-state index in [2.05, 4.69) is 16.5 Å². The first-order valence-corrected chi connectivity index (χ1v) is 5.47. The van der Waals surface area contributed by atoms with E-state index in [4.69, 9.17) is 0 Å². The Morgan fingerprint density at radius 1 is 1.35 bits per heavy atom. The summed E-state index contributed by atoms with van der Waals surface area (Å²) in [5.74, 6) is 0.431. The molecule has 3 nitrogen and oxygen atoms in total. The van der Waals surface area contributed by atoms with Gasteiger partial charge in [0, 0.05) is 11.5 Å². The molecule has 1 aliphatic carbocycles. The zero-order chi connectivity index (χ0) is 11.8. The van der Waals surface area contributed by atoms with Crippen molar-refractivity contribution in [1.29, 1.82) is 0 Å². The smallest absolute Gasteiger partial charge is 0.217 e. The molecule has 3 rings (SSSR count). The molecule has 0 saturated heterocycles. The fraction of sp³-hybridized carbons (Fsp3) is 0.333. The van der Waals surface area contributed by atoms with Gasteiger partial charge in [-0.05, 0) is 25.0 Å². The van der Waals surface area contributed by atoms with E-state index in [9.17, 15) is 8.78 Å². The van der Waals surface area contributed by atoms with Gasteiger partial charge < -0.3 is 0 Å². The molecule has 0 atom stereocenters. The summed E-state index contributed by atoms with van der Waals surface area (Å²) in [5, 5.41) is 7.65. The van der Waals surface area contributed by atoms with Gasteiger partial charge in [-0.2, -0.15) is 0 Å². The molecule has 0 aliphatic heterocycles. The van der Waals surface area contributed by atoms with E-state index >= 15 is 0 Å². The number of rotatable bonds is 3. The Morgan fingerprint density at radius 3 is 2.88 bits per heavy atom. The first-order valence-electron chi connectivity index (χ1n) is 5.47. The third-order valence-electron chi connectivity index (χ3n) is 2.86. The third kappa shape index (κ3) is 1.92. The Hall–Kier alpha value is -1.78. The summed E-state index contributed by atoms with van der Waals surface area (Å²) in [6, 6.07) is 6.21. The van der Waals surface area contributed by atoms with Crippen LogP contribution in [0.15, 0.2) is 24.3 Å². The SMILES string of the molecule is FC(F)c1cccc(-n2nn[c]c2C2CC2)c1. The van der Waals surface area contributed by atoms with Crippen LogP contribution in [0.4, 0.5) is 8.78 Å². The first-order chi connectivity index (χ1) is 8.25. The molecular formula is C12H10F2N3. The molecule has 0 unspecified atom stereocenters. The lowest BCUT2D eigenvalue weighted by Gasteiger charge is -2.06. The number of benzene rings is 1. The topological polar surface area (TPSA) is 30.7 Å². The Labute approximate surface area is 97.1 Å². The largest absolute Gasteiger partial charge is 0.263 e. The van der Waals surface area contributed by atoms with Crippen LogP contribution < -0.4 is 0 Å². The highest BCUT2D eigenvalue weighted by Gasteiger charge is 2.28. The minimum Gasteiger partial charge on any atom is -0.217 e. The van der Waals surface area contributed by atoms with Crippen molar-refractivity contribution in [2.24, 2.45) is 0 Å². The molecule has 17 heavy (non-hydrogen) atoms. The van der Waals surface area contributed by atoms with Gasteiger partial charge in [-0.25, -0.2) is 13.5 Å². The first kappa shape index (κ1) is 10.4. The van der Waals surface area contributed by atoms with Gasteiger partial charge in [0.25, 0.3) is 6.43 Å². The van der Waals surface area contributed by atoms with Crippen LogP contribution in [-0.2, 0) is 0 Å². The minimum atomic E-state index is -2.47. The maximum absolute atomic E-state index is 12.6. The molecular weight excluding hydrogens is 224 g/mol. The normalized spacial score (nSPS) is 15.5. The summed E-state index contributed by atoms with van der Waals surface area (Å²) < 4.78 is 26.8. The number of aromatic nitrogens is 3. The van der Waals surface area contributed by atoms with Gasteiger partial charge in [-0.1, -0.05) is 17.3 Å². The average molecular weight is 234 g/mol. The van der Waals surface area contributed by atoms with Crippen molar-refractivity contribution in [2.75, 3.05) is 0 Å². The van der Waals surface area contributed by atoms with Gasteiger partial charge in [0.05, 0.1) is 11.4 Å². The van der Waals surface area contributed by atoms with E-state index in [-0.39, 0.29) is 5.56 Å². The minimum absolute atomic E-state index is 0.000234. The predicted molar refractivity (Wildman–Crippen MR) is 57.1 cm³/mol. The number of nitrogens with zero attached hydrogens (tertiary/aromatic N) is 3. The molecule has 0 bridgehead atoms. The zero-order valence-corrected chi connectivity index (χ0v) is 8.98. The molecule has 1 heterocycles. The van der Waals surface area contributed by atoms with Crippen LogP contribution in [0.25, 0.3) is 5.69 Å². The summed E-state index contributed by atoms with van der Waals surface area (Å²) in [5.41, 5.74) is 1.51. The summed E-state index contributed by atoms with van der Waals surface area (Å²) in [4.78, 5) is 0. The van der Waals surface area contributed by atoms with Crippen LogP contribution in [0.1, 0.15) is 36.4 Å². The number of hydrogen-bond donors (Lipinski definition) is 0. The molecule has 1 aromatic carbocycles. The summed E-state index contributed by atoms with van der Waals surface area (Å²) >= 11 is 0. The second-order valence-corrected chi connectivity index (χ2v) is 4.17. The van der Waals surface area contributed by atoms with E-state index in [1.54, 1.807) is 16.8 Å². The van der Waals surface area contributed by atoms with Gasteiger partial charge >= 0.3 is 0 Å². The quantitative estimate of drug-likeness (QED) is 0.817. The lowest BCUT2D eigenvalue weighted by atomic mass is 10.2. The van der Waals surface area contributed by atoms with Gasteiger partial charge in [-0.3, -0.25) is 0 Å². The van der Waals surface area contributed by atoms with E-state index < -0.39 is 6.43 Å². The fourth-order valence-corrected chi connectivity index (χ4v) is 1.82. The van der Waals surface area contributed by atoms with Crippen molar-refractivity contribution >= 4 is 0 Å². The van der Waals surface area contributed by atoms with Crippen LogP contribution in [0.5, 0.6) is 0 Å². The highest BCUT2D eigenvalue weighted by Crippen LogP contribution is 2.40. The highest BCUT2D eigenvalue weighted by atomic mass is 19.3. The molecule has 1 aromatic heterocycles. The molecule has 0 N–H and O–H groups in total. The summed E-state index contributed by atoms with van der Waals surface area (Å²) in [6.07, 6.45) is 2.55. The Balaban J connectivity index is 2.02. The average Bonchev–Trinajstić information content (AvgIpc) is 3.07. The lowest BCUT2D eigenvalue weighted by Crippen LogP contribution is -2.02. The van der Waals surface area contributed by atoms with Gasteiger partial charge in [-0.15, -0.1) is 5.10 Å². The molecule has 1 saturated carbocycles. The number of halogens is 2.